The van der Waals surface area contributed by atoms with Crippen LogP contribution in [0.5, 0.6) is 0 Å². The molecule has 21 heavy (non-hydrogen) atoms. The second-order valence-electron chi connectivity index (χ2n) is 5.73. The first-order valence-electron chi connectivity index (χ1n) is 8.03. The topological polar surface area (TPSA) is 44.7 Å². The van der Waals surface area contributed by atoms with Crippen molar-refractivity contribution < 1.29 is 9.84 Å². The van der Waals surface area contributed by atoms with E-state index in [0.717, 1.165) is 26.1 Å². The Hall–Kier alpha value is -1.10. The summed E-state index contributed by atoms with van der Waals surface area (Å²) in [5.41, 5.74) is 2.60. The number of rotatable bonds is 6. The zero-order valence-corrected chi connectivity index (χ0v) is 13.4. The summed E-state index contributed by atoms with van der Waals surface area (Å²) in [4.78, 5) is 2.35. The summed E-state index contributed by atoms with van der Waals surface area (Å²) in [6.07, 6.45) is 1.11. The minimum atomic E-state index is -0.0963. The van der Waals surface area contributed by atoms with E-state index in [2.05, 4.69) is 55.3 Å². The molecule has 0 amide bonds. The van der Waals surface area contributed by atoms with Gasteiger partial charge in [-0.25, -0.2) is 0 Å². The lowest BCUT2D eigenvalue weighted by Crippen LogP contribution is -2.48. The van der Waals surface area contributed by atoms with Crippen LogP contribution >= 0.6 is 0 Å². The molecule has 2 rings (SSSR count). The summed E-state index contributed by atoms with van der Waals surface area (Å²) in [6.45, 7) is 9.08. The molecule has 4 heteroatoms. The second kappa shape index (κ2) is 7.78. The van der Waals surface area contributed by atoms with Crippen LogP contribution in [0.3, 0.4) is 0 Å². The number of hydrogen-bond acceptors (Lipinski definition) is 4. The standard InChI is InChI=1S/C17H28N2O2/c1-4-16(18-5-2)15-8-6-7-9-17(15)19-10-13(3)21-14(11-19)12-20/h6-9,13-14,16,18,20H,4-5,10-12H2,1-3H3. The van der Waals surface area contributed by atoms with Gasteiger partial charge < -0.3 is 20.1 Å². The van der Waals surface area contributed by atoms with E-state index < -0.39 is 0 Å². The molecule has 1 fully saturated rings. The second-order valence-corrected chi connectivity index (χ2v) is 5.73. The molecule has 1 aliphatic rings. The van der Waals surface area contributed by atoms with Crippen LogP contribution in [0.1, 0.15) is 38.8 Å². The Kier molecular flexibility index (Phi) is 6.03. The number of benzene rings is 1. The summed E-state index contributed by atoms with van der Waals surface area (Å²) in [5.74, 6) is 0. The van der Waals surface area contributed by atoms with Gasteiger partial charge in [0.2, 0.25) is 0 Å². The fourth-order valence-corrected chi connectivity index (χ4v) is 3.13. The minimum absolute atomic E-state index is 0.0768. The van der Waals surface area contributed by atoms with Crippen molar-refractivity contribution in [1.82, 2.24) is 5.32 Å². The molecule has 3 atom stereocenters. The van der Waals surface area contributed by atoms with Crippen LogP contribution in [0.15, 0.2) is 24.3 Å². The van der Waals surface area contributed by atoms with Crippen molar-refractivity contribution in [2.24, 2.45) is 0 Å². The predicted molar refractivity (Wildman–Crippen MR) is 86.8 cm³/mol. The predicted octanol–water partition coefficient (Wildman–Crippen LogP) is 2.33. The number of aliphatic hydroxyl groups is 1. The van der Waals surface area contributed by atoms with Crippen molar-refractivity contribution >= 4 is 5.69 Å². The van der Waals surface area contributed by atoms with E-state index in [1.54, 1.807) is 0 Å². The lowest BCUT2D eigenvalue weighted by Gasteiger charge is -2.39. The maximum Gasteiger partial charge on any atom is 0.0984 e. The Morgan fingerprint density at radius 3 is 2.76 bits per heavy atom. The number of para-hydroxylation sites is 1. The van der Waals surface area contributed by atoms with E-state index in [9.17, 15) is 5.11 Å². The molecule has 1 heterocycles. The summed E-state index contributed by atoms with van der Waals surface area (Å²) >= 11 is 0. The molecule has 0 aromatic heterocycles. The van der Waals surface area contributed by atoms with Gasteiger partial charge in [-0.1, -0.05) is 32.0 Å². The quantitative estimate of drug-likeness (QED) is 0.845. The van der Waals surface area contributed by atoms with Crippen molar-refractivity contribution in [2.45, 2.75) is 45.4 Å². The van der Waals surface area contributed by atoms with Gasteiger partial charge in [-0.3, -0.25) is 0 Å². The minimum Gasteiger partial charge on any atom is -0.394 e. The molecule has 3 unspecified atom stereocenters. The van der Waals surface area contributed by atoms with Gasteiger partial charge in [0.05, 0.1) is 18.8 Å². The molecule has 0 aliphatic carbocycles. The number of nitrogens with zero attached hydrogens (tertiary/aromatic N) is 1. The summed E-state index contributed by atoms with van der Waals surface area (Å²) in [7, 11) is 0. The van der Waals surface area contributed by atoms with Gasteiger partial charge in [-0.15, -0.1) is 0 Å². The highest BCUT2D eigenvalue weighted by Gasteiger charge is 2.27. The molecule has 1 aromatic rings. The summed E-state index contributed by atoms with van der Waals surface area (Å²) in [6, 6.07) is 8.96. The van der Waals surface area contributed by atoms with Crippen molar-refractivity contribution in [1.29, 1.82) is 0 Å². The van der Waals surface area contributed by atoms with Crippen molar-refractivity contribution in [3.63, 3.8) is 0 Å². The lowest BCUT2D eigenvalue weighted by atomic mass is 10.0. The molecule has 118 valence electrons. The average molecular weight is 292 g/mol. The van der Waals surface area contributed by atoms with Crippen LogP contribution in [-0.2, 0) is 4.74 Å². The normalized spacial score (nSPS) is 24.1. The van der Waals surface area contributed by atoms with Crippen molar-refractivity contribution in [3.8, 4) is 0 Å². The van der Waals surface area contributed by atoms with Crippen LogP contribution in [0.2, 0.25) is 0 Å². The van der Waals surface area contributed by atoms with Gasteiger partial charge in [-0.2, -0.15) is 0 Å². The van der Waals surface area contributed by atoms with Gasteiger partial charge >= 0.3 is 0 Å². The number of ether oxygens (including phenoxy) is 1. The smallest absolute Gasteiger partial charge is 0.0984 e. The third kappa shape index (κ3) is 3.96. The Bertz CT molecular complexity index is 439. The first kappa shape index (κ1) is 16.3. The van der Waals surface area contributed by atoms with Crippen LogP contribution in [0.4, 0.5) is 5.69 Å². The Labute approximate surface area is 128 Å². The average Bonchev–Trinajstić information content (AvgIpc) is 2.52. The highest BCUT2D eigenvalue weighted by atomic mass is 16.5. The fraction of sp³-hybridized carbons (Fsp3) is 0.647. The van der Waals surface area contributed by atoms with E-state index >= 15 is 0 Å². The number of hydrogen-bond donors (Lipinski definition) is 2. The third-order valence-corrected chi connectivity index (χ3v) is 4.04. The highest BCUT2D eigenvalue weighted by Crippen LogP contribution is 2.30. The highest BCUT2D eigenvalue weighted by molar-refractivity contribution is 5.55. The van der Waals surface area contributed by atoms with Gasteiger partial charge in [0.25, 0.3) is 0 Å². The lowest BCUT2D eigenvalue weighted by molar-refractivity contribution is -0.0421. The fourth-order valence-electron chi connectivity index (χ4n) is 3.13. The van der Waals surface area contributed by atoms with E-state index in [1.165, 1.54) is 11.3 Å². The monoisotopic (exact) mass is 292 g/mol. The van der Waals surface area contributed by atoms with E-state index in [1.807, 2.05) is 0 Å². The molecular weight excluding hydrogens is 264 g/mol. The maximum absolute atomic E-state index is 9.42. The van der Waals surface area contributed by atoms with Gasteiger partial charge in [0.1, 0.15) is 0 Å². The Morgan fingerprint density at radius 1 is 1.33 bits per heavy atom. The van der Waals surface area contributed by atoms with Gasteiger partial charge in [-0.05, 0) is 31.5 Å². The van der Waals surface area contributed by atoms with Crippen molar-refractivity contribution in [3.05, 3.63) is 29.8 Å². The van der Waals surface area contributed by atoms with E-state index in [4.69, 9.17) is 4.74 Å². The molecule has 1 saturated heterocycles. The third-order valence-electron chi connectivity index (χ3n) is 4.04. The van der Waals surface area contributed by atoms with Gasteiger partial charge in [0.15, 0.2) is 0 Å². The largest absolute Gasteiger partial charge is 0.394 e. The SMILES string of the molecule is CCNC(CC)c1ccccc1N1CC(C)OC(CO)C1. The molecule has 0 saturated carbocycles. The molecule has 0 bridgehead atoms. The first-order valence-corrected chi connectivity index (χ1v) is 8.03. The van der Waals surface area contributed by atoms with E-state index in [-0.39, 0.29) is 18.8 Å². The van der Waals surface area contributed by atoms with E-state index in [0.29, 0.717) is 6.04 Å². The number of morpholine rings is 1. The molecule has 0 spiro atoms. The zero-order chi connectivity index (χ0) is 15.2. The molecule has 0 radical (unpaired) electrons. The maximum atomic E-state index is 9.42. The molecule has 1 aromatic carbocycles. The number of nitrogens with one attached hydrogen (secondary N) is 1. The van der Waals surface area contributed by atoms with Crippen LogP contribution in [-0.4, -0.2) is 43.6 Å². The molecule has 1 aliphatic heterocycles. The number of aliphatic hydroxyl groups excluding tert-OH is 1. The molecular formula is C17H28N2O2. The van der Waals surface area contributed by atoms with Crippen LogP contribution in [0.25, 0.3) is 0 Å². The van der Waals surface area contributed by atoms with Crippen LogP contribution < -0.4 is 10.2 Å². The van der Waals surface area contributed by atoms with Crippen LogP contribution in [0, 0.1) is 0 Å². The molecule has 4 nitrogen and oxygen atoms in total. The Balaban J connectivity index is 2.26. The zero-order valence-electron chi connectivity index (χ0n) is 13.4. The first-order chi connectivity index (χ1) is 10.2. The summed E-state index contributed by atoms with van der Waals surface area (Å²) in [5, 5.41) is 13.0. The van der Waals surface area contributed by atoms with Gasteiger partial charge in [0, 0.05) is 24.8 Å². The molecule has 2 N–H and O–H groups in total. The summed E-state index contributed by atoms with van der Waals surface area (Å²) < 4.78 is 5.75. The number of anilines is 1. The Morgan fingerprint density at radius 2 is 2.10 bits per heavy atom. The van der Waals surface area contributed by atoms with Crippen molar-refractivity contribution in [2.75, 3.05) is 31.1 Å².